The second-order valence-electron chi connectivity index (χ2n) is 4.54. The smallest absolute Gasteiger partial charge is 0.347 e. The Morgan fingerprint density at radius 2 is 2.00 bits per heavy atom. The summed E-state index contributed by atoms with van der Waals surface area (Å²) in [6.45, 7) is 7.89. The van der Waals surface area contributed by atoms with Crippen LogP contribution in [-0.2, 0) is 16.1 Å². The van der Waals surface area contributed by atoms with Gasteiger partial charge in [-0.15, -0.1) is 0 Å². The zero-order chi connectivity index (χ0) is 14.8. The number of hydrogen-bond acceptors (Lipinski definition) is 4. The first-order chi connectivity index (χ1) is 9.72. The third-order valence-electron chi connectivity index (χ3n) is 2.91. The molecule has 0 bridgehead atoms. The van der Waals surface area contributed by atoms with Crippen LogP contribution in [0.5, 0.6) is 5.75 Å². The second-order valence-corrected chi connectivity index (χ2v) is 4.54. The lowest BCUT2D eigenvalue weighted by Gasteiger charge is -2.19. The Balaban J connectivity index is 2.79. The lowest BCUT2D eigenvalue weighted by Crippen LogP contribution is -2.30. The normalized spacial score (nSPS) is 11.9. The van der Waals surface area contributed by atoms with E-state index >= 15 is 0 Å². The van der Waals surface area contributed by atoms with Gasteiger partial charge in [0.25, 0.3) is 0 Å². The van der Waals surface area contributed by atoms with E-state index in [1.54, 1.807) is 6.92 Å². The highest BCUT2D eigenvalue weighted by molar-refractivity contribution is 5.75. The molecule has 1 rings (SSSR count). The van der Waals surface area contributed by atoms with Crippen molar-refractivity contribution in [1.29, 1.82) is 0 Å². The van der Waals surface area contributed by atoms with Gasteiger partial charge in [0.1, 0.15) is 5.75 Å². The number of ether oxygens (including phenoxy) is 2. The molecule has 4 heteroatoms. The summed E-state index contributed by atoms with van der Waals surface area (Å²) in [6, 6.07) is 7.79. The van der Waals surface area contributed by atoms with E-state index in [0.717, 1.165) is 30.8 Å². The van der Waals surface area contributed by atoms with E-state index in [-0.39, 0.29) is 5.97 Å². The molecule has 1 unspecified atom stereocenters. The van der Waals surface area contributed by atoms with Gasteiger partial charge in [0, 0.05) is 12.1 Å². The van der Waals surface area contributed by atoms with Crippen LogP contribution in [0.4, 0.5) is 0 Å². The van der Waals surface area contributed by atoms with Crippen LogP contribution in [-0.4, -0.2) is 25.2 Å². The summed E-state index contributed by atoms with van der Waals surface area (Å²) < 4.78 is 11.0. The van der Waals surface area contributed by atoms with E-state index in [1.807, 2.05) is 31.2 Å². The number of nitrogens with one attached hydrogen (secondary N) is 1. The van der Waals surface area contributed by atoms with E-state index in [9.17, 15) is 4.79 Å². The van der Waals surface area contributed by atoms with Crippen molar-refractivity contribution in [3.05, 3.63) is 29.8 Å². The maximum absolute atomic E-state index is 11.9. The summed E-state index contributed by atoms with van der Waals surface area (Å²) in [5, 5.41) is 3.27. The van der Waals surface area contributed by atoms with Gasteiger partial charge in [0.05, 0.1) is 6.61 Å². The minimum Gasteiger partial charge on any atom is -0.478 e. The van der Waals surface area contributed by atoms with Gasteiger partial charge < -0.3 is 14.8 Å². The van der Waals surface area contributed by atoms with E-state index in [4.69, 9.17) is 9.47 Å². The first-order valence-corrected chi connectivity index (χ1v) is 7.34. The Kier molecular flexibility index (Phi) is 7.73. The Morgan fingerprint density at radius 3 is 2.65 bits per heavy atom. The molecule has 0 saturated carbocycles. The maximum Gasteiger partial charge on any atom is 0.347 e. The van der Waals surface area contributed by atoms with Crippen LogP contribution in [0, 0.1) is 0 Å². The average Bonchev–Trinajstić information content (AvgIpc) is 2.46. The lowest BCUT2D eigenvalue weighted by molar-refractivity contribution is -0.151. The first kappa shape index (κ1) is 16.5. The van der Waals surface area contributed by atoms with E-state index in [0.29, 0.717) is 13.0 Å². The molecule has 4 nitrogen and oxygen atoms in total. The molecule has 0 amide bonds. The molecule has 0 aliphatic rings. The quantitative estimate of drug-likeness (QED) is 0.706. The summed E-state index contributed by atoms with van der Waals surface area (Å²) >= 11 is 0. The number of carbonyl (C=O) groups excluding carboxylic acids is 1. The number of esters is 1. The number of hydrogen-bond donors (Lipinski definition) is 1. The molecular weight excluding hydrogens is 254 g/mol. The molecule has 0 fully saturated rings. The average molecular weight is 279 g/mol. The topological polar surface area (TPSA) is 47.6 Å². The predicted octanol–water partition coefficient (Wildman–Crippen LogP) is 2.91. The molecule has 112 valence electrons. The van der Waals surface area contributed by atoms with Crippen molar-refractivity contribution >= 4 is 5.97 Å². The zero-order valence-electron chi connectivity index (χ0n) is 12.6. The summed E-state index contributed by atoms with van der Waals surface area (Å²) in [5.41, 5.74) is 1.06. The largest absolute Gasteiger partial charge is 0.478 e. The molecule has 1 aromatic rings. The van der Waals surface area contributed by atoms with Crippen molar-refractivity contribution < 1.29 is 14.3 Å². The van der Waals surface area contributed by atoms with E-state index in [1.165, 1.54) is 0 Å². The Hall–Kier alpha value is -1.55. The molecule has 20 heavy (non-hydrogen) atoms. The van der Waals surface area contributed by atoms with Gasteiger partial charge in [-0.05, 0) is 26.0 Å². The molecular formula is C16H25NO3. The van der Waals surface area contributed by atoms with Crippen molar-refractivity contribution in [2.45, 2.75) is 46.3 Å². The molecule has 0 aliphatic heterocycles. The van der Waals surface area contributed by atoms with Crippen molar-refractivity contribution in [3.8, 4) is 5.75 Å². The number of para-hydroxylation sites is 1. The Labute approximate surface area is 121 Å². The summed E-state index contributed by atoms with van der Waals surface area (Å²) in [7, 11) is 0. The monoisotopic (exact) mass is 279 g/mol. The fourth-order valence-corrected chi connectivity index (χ4v) is 1.90. The van der Waals surface area contributed by atoms with Crippen molar-refractivity contribution in [2.24, 2.45) is 0 Å². The minimum absolute atomic E-state index is 0.285. The second kappa shape index (κ2) is 9.37. The molecule has 0 heterocycles. The maximum atomic E-state index is 11.9. The summed E-state index contributed by atoms with van der Waals surface area (Å²) in [4.78, 5) is 11.9. The minimum atomic E-state index is -0.525. The van der Waals surface area contributed by atoms with Crippen molar-refractivity contribution in [1.82, 2.24) is 5.32 Å². The fraction of sp³-hybridized carbons (Fsp3) is 0.562. The molecule has 0 aliphatic carbocycles. The third-order valence-corrected chi connectivity index (χ3v) is 2.91. The van der Waals surface area contributed by atoms with Gasteiger partial charge in [-0.2, -0.15) is 0 Å². The molecule has 1 aromatic carbocycles. The van der Waals surface area contributed by atoms with E-state index < -0.39 is 6.10 Å². The van der Waals surface area contributed by atoms with Crippen LogP contribution in [0.3, 0.4) is 0 Å². The van der Waals surface area contributed by atoms with Crippen LogP contribution < -0.4 is 10.1 Å². The zero-order valence-corrected chi connectivity index (χ0v) is 12.6. The number of rotatable bonds is 9. The van der Waals surface area contributed by atoms with Crippen molar-refractivity contribution in [2.75, 3.05) is 13.2 Å². The van der Waals surface area contributed by atoms with Gasteiger partial charge in [-0.1, -0.05) is 38.5 Å². The molecule has 1 N–H and O–H groups in total. The van der Waals surface area contributed by atoms with Crippen molar-refractivity contribution in [3.63, 3.8) is 0 Å². The highest BCUT2D eigenvalue weighted by Crippen LogP contribution is 2.21. The van der Waals surface area contributed by atoms with Crippen LogP contribution in [0.25, 0.3) is 0 Å². The van der Waals surface area contributed by atoms with Crippen LogP contribution in [0.1, 0.15) is 39.2 Å². The first-order valence-electron chi connectivity index (χ1n) is 7.34. The number of benzene rings is 1. The molecule has 0 saturated heterocycles. The van der Waals surface area contributed by atoms with Gasteiger partial charge in [-0.3, -0.25) is 0 Å². The highest BCUT2D eigenvalue weighted by Gasteiger charge is 2.21. The SMILES string of the molecule is CCCC(Oc1ccccc1CNCC)C(=O)OCC. The summed E-state index contributed by atoms with van der Waals surface area (Å²) in [5.74, 6) is 0.465. The highest BCUT2D eigenvalue weighted by atomic mass is 16.6. The van der Waals surface area contributed by atoms with Crippen LogP contribution >= 0.6 is 0 Å². The predicted molar refractivity (Wildman–Crippen MR) is 79.8 cm³/mol. The molecule has 0 spiro atoms. The molecule has 0 radical (unpaired) electrons. The third kappa shape index (κ3) is 5.21. The van der Waals surface area contributed by atoms with Gasteiger partial charge in [0.15, 0.2) is 6.10 Å². The number of carbonyl (C=O) groups is 1. The fourth-order valence-electron chi connectivity index (χ4n) is 1.90. The van der Waals surface area contributed by atoms with Gasteiger partial charge in [0.2, 0.25) is 0 Å². The standard InChI is InChI=1S/C16H25NO3/c1-4-9-15(16(18)19-6-3)20-14-11-8-7-10-13(14)12-17-5-2/h7-8,10-11,15,17H,4-6,9,12H2,1-3H3. The van der Waals surface area contributed by atoms with Crippen LogP contribution in [0.15, 0.2) is 24.3 Å². The summed E-state index contributed by atoms with van der Waals surface area (Å²) in [6.07, 6.45) is 1.01. The molecule has 0 aromatic heterocycles. The Bertz CT molecular complexity index is 406. The van der Waals surface area contributed by atoms with Gasteiger partial charge in [-0.25, -0.2) is 4.79 Å². The van der Waals surface area contributed by atoms with E-state index in [2.05, 4.69) is 12.2 Å². The van der Waals surface area contributed by atoms with Crippen LogP contribution in [0.2, 0.25) is 0 Å². The lowest BCUT2D eigenvalue weighted by atomic mass is 10.1. The Morgan fingerprint density at radius 1 is 1.25 bits per heavy atom. The molecule has 1 atom stereocenters. The van der Waals surface area contributed by atoms with Gasteiger partial charge >= 0.3 is 5.97 Å².